The second-order valence-corrected chi connectivity index (χ2v) is 3.70. The zero-order valence-electron chi connectivity index (χ0n) is 9.87. The molecule has 0 spiro atoms. The standard InChI is InChI=1S/C12H11F2N3O/c1-17(2)7-8(6-15)12(18)16-9-3-4-10(13)11(14)5-9/h3-5,7H,1-2H3,(H,16,18)/b8-7-. The predicted molar refractivity (Wildman–Crippen MR) is 62.4 cm³/mol. The van der Waals surface area contributed by atoms with Crippen molar-refractivity contribution < 1.29 is 13.6 Å². The fourth-order valence-corrected chi connectivity index (χ4v) is 1.17. The lowest BCUT2D eigenvalue weighted by Gasteiger charge is -2.07. The Morgan fingerprint density at radius 1 is 1.39 bits per heavy atom. The molecule has 0 saturated carbocycles. The first-order valence-electron chi connectivity index (χ1n) is 4.99. The molecule has 0 saturated heterocycles. The van der Waals surface area contributed by atoms with Crippen LogP contribution in [-0.4, -0.2) is 24.9 Å². The second-order valence-electron chi connectivity index (χ2n) is 3.70. The minimum Gasteiger partial charge on any atom is -0.382 e. The molecule has 0 bridgehead atoms. The summed E-state index contributed by atoms with van der Waals surface area (Å²) >= 11 is 0. The Labute approximate surface area is 103 Å². The Bertz CT molecular complexity index is 533. The van der Waals surface area contributed by atoms with Crippen LogP contribution in [0.1, 0.15) is 0 Å². The number of rotatable bonds is 3. The van der Waals surface area contributed by atoms with Gasteiger partial charge in [0.1, 0.15) is 11.6 Å². The van der Waals surface area contributed by atoms with Crippen LogP contribution in [-0.2, 0) is 4.79 Å². The maximum atomic E-state index is 12.9. The molecule has 0 aliphatic rings. The van der Waals surface area contributed by atoms with Crippen molar-refractivity contribution in [3.05, 3.63) is 41.6 Å². The topological polar surface area (TPSA) is 56.1 Å². The third kappa shape index (κ3) is 3.56. The predicted octanol–water partition coefficient (Wildman–Crippen LogP) is 1.87. The first-order chi connectivity index (χ1) is 8.43. The number of benzene rings is 1. The first-order valence-corrected chi connectivity index (χ1v) is 4.99. The molecule has 0 heterocycles. The van der Waals surface area contributed by atoms with E-state index < -0.39 is 17.5 Å². The van der Waals surface area contributed by atoms with Crippen LogP contribution in [0.25, 0.3) is 0 Å². The third-order valence-corrected chi connectivity index (χ3v) is 1.93. The number of halogens is 2. The summed E-state index contributed by atoms with van der Waals surface area (Å²) in [5, 5.41) is 11.1. The van der Waals surface area contributed by atoms with Crippen molar-refractivity contribution in [2.24, 2.45) is 0 Å². The Morgan fingerprint density at radius 3 is 2.56 bits per heavy atom. The van der Waals surface area contributed by atoms with E-state index in [4.69, 9.17) is 5.26 Å². The number of anilines is 1. The van der Waals surface area contributed by atoms with E-state index in [1.165, 1.54) is 17.2 Å². The molecule has 0 radical (unpaired) electrons. The van der Waals surface area contributed by atoms with Crippen LogP contribution in [0.2, 0.25) is 0 Å². The second kappa shape index (κ2) is 5.77. The van der Waals surface area contributed by atoms with Crippen LogP contribution in [0.5, 0.6) is 0 Å². The maximum absolute atomic E-state index is 12.9. The summed E-state index contributed by atoms with van der Waals surface area (Å²) in [4.78, 5) is 13.2. The van der Waals surface area contributed by atoms with Crippen molar-refractivity contribution >= 4 is 11.6 Å². The number of carbonyl (C=O) groups excluding carboxylic acids is 1. The molecule has 6 heteroatoms. The summed E-state index contributed by atoms with van der Waals surface area (Å²) in [6.07, 6.45) is 1.33. The van der Waals surface area contributed by atoms with Gasteiger partial charge in [0.2, 0.25) is 0 Å². The average molecular weight is 251 g/mol. The Hall–Kier alpha value is -2.42. The van der Waals surface area contributed by atoms with E-state index in [-0.39, 0.29) is 11.3 Å². The van der Waals surface area contributed by atoms with Crippen LogP contribution in [0.3, 0.4) is 0 Å². The SMILES string of the molecule is CN(C)/C=C(/C#N)C(=O)Nc1ccc(F)c(F)c1. The summed E-state index contributed by atoms with van der Waals surface area (Å²) in [5.74, 6) is -2.75. The van der Waals surface area contributed by atoms with Crippen molar-refractivity contribution in [2.45, 2.75) is 0 Å². The van der Waals surface area contributed by atoms with Crippen LogP contribution >= 0.6 is 0 Å². The molecule has 0 fully saturated rings. The molecule has 1 aromatic rings. The van der Waals surface area contributed by atoms with Gasteiger partial charge in [-0.05, 0) is 12.1 Å². The summed E-state index contributed by atoms with van der Waals surface area (Å²) in [5.41, 5.74) is -0.0523. The zero-order chi connectivity index (χ0) is 13.7. The average Bonchev–Trinajstić information content (AvgIpc) is 2.30. The molecule has 1 rings (SSSR count). The first kappa shape index (κ1) is 13.6. The molecule has 0 aliphatic heterocycles. The van der Waals surface area contributed by atoms with Crippen LogP contribution in [0, 0.1) is 23.0 Å². The van der Waals surface area contributed by atoms with Crippen LogP contribution in [0.15, 0.2) is 30.0 Å². The zero-order valence-corrected chi connectivity index (χ0v) is 9.87. The fraction of sp³-hybridized carbons (Fsp3) is 0.167. The van der Waals surface area contributed by atoms with Gasteiger partial charge in [-0.1, -0.05) is 0 Å². The van der Waals surface area contributed by atoms with Crippen LogP contribution < -0.4 is 5.32 Å². The molecule has 1 aromatic carbocycles. The van der Waals surface area contributed by atoms with Gasteiger partial charge in [-0.15, -0.1) is 0 Å². The number of hydrogen-bond donors (Lipinski definition) is 1. The van der Waals surface area contributed by atoms with Gasteiger partial charge in [0, 0.05) is 32.0 Å². The lowest BCUT2D eigenvalue weighted by atomic mass is 10.2. The molecule has 94 valence electrons. The van der Waals surface area contributed by atoms with Gasteiger partial charge in [-0.25, -0.2) is 8.78 Å². The summed E-state index contributed by atoms with van der Waals surface area (Å²) in [6.45, 7) is 0. The minimum atomic E-state index is -1.07. The normalized spacial score (nSPS) is 10.7. The Morgan fingerprint density at radius 2 is 2.06 bits per heavy atom. The lowest BCUT2D eigenvalue weighted by Crippen LogP contribution is -2.16. The van der Waals surface area contributed by atoms with Gasteiger partial charge >= 0.3 is 0 Å². The van der Waals surface area contributed by atoms with E-state index in [9.17, 15) is 13.6 Å². The Balaban J connectivity index is 2.87. The molecule has 0 unspecified atom stereocenters. The third-order valence-electron chi connectivity index (χ3n) is 1.93. The van der Waals surface area contributed by atoms with Gasteiger partial charge in [0.25, 0.3) is 5.91 Å². The highest BCUT2D eigenvalue weighted by atomic mass is 19.2. The lowest BCUT2D eigenvalue weighted by molar-refractivity contribution is -0.112. The number of carbonyl (C=O) groups is 1. The minimum absolute atomic E-state index is 0.0822. The summed E-state index contributed by atoms with van der Waals surface area (Å²) < 4.78 is 25.6. The molecule has 18 heavy (non-hydrogen) atoms. The van der Waals surface area contributed by atoms with Crippen molar-refractivity contribution in [3.8, 4) is 6.07 Å². The molecule has 0 atom stereocenters. The smallest absolute Gasteiger partial charge is 0.267 e. The van der Waals surface area contributed by atoms with Gasteiger partial charge in [0.15, 0.2) is 11.6 Å². The maximum Gasteiger partial charge on any atom is 0.267 e. The highest BCUT2D eigenvalue weighted by Gasteiger charge is 2.11. The van der Waals surface area contributed by atoms with E-state index in [1.54, 1.807) is 20.2 Å². The summed E-state index contributed by atoms with van der Waals surface area (Å²) in [7, 11) is 3.31. The molecule has 1 N–H and O–H groups in total. The van der Waals surface area contributed by atoms with E-state index in [0.717, 1.165) is 12.1 Å². The largest absolute Gasteiger partial charge is 0.382 e. The van der Waals surface area contributed by atoms with Gasteiger partial charge < -0.3 is 10.2 Å². The quantitative estimate of drug-likeness (QED) is 0.659. The molecule has 4 nitrogen and oxygen atoms in total. The van der Waals surface area contributed by atoms with E-state index >= 15 is 0 Å². The highest BCUT2D eigenvalue weighted by molar-refractivity contribution is 6.06. The number of amides is 1. The van der Waals surface area contributed by atoms with Crippen molar-refractivity contribution in [1.29, 1.82) is 5.26 Å². The van der Waals surface area contributed by atoms with Crippen molar-refractivity contribution in [3.63, 3.8) is 0 Å². The van der Waals surface area contributed by atoms with Gasteiger partial charge in [-0.3, -0.25) is 4.79 Å². The molecule has 1 amide bonds. The van der Waals surface area contributed by atoms with E-state index in [1.807, 2.05) is 0 Å². The van der Waals surface area contributed by atoms with Gasteiger partial charge in [-0.2, -0.15) is 5.26 Å². The highest BCUT2D eigenvalue weighted by Crippen LogP contribution is 2.13. The summed E-state index contributed by atoms with van der Waals surface area (Å²) in [6, 6.07) is 4.67. The van der Waals surface area contributed by atoms with E-state index in [2.05, 4.69) is 5.32 Å². The van der Waals surface area contributed by atoms with E-state index in [0.29, 0.717) is 0 Å². The molecular formula is C12H11F2N3O. The monoisotopic (exact) mass is 251 g/mol. The molecule has 0 aliphatic carbocycles. The van der Waals surface area contributed by atoms with Crippen molar-refractivity contribution in [2.75, 3.05) is 19.4 Å². The molecular weight excluding hydrogens is 240 g/mol. The molecule has 0 aromatic heterocycles. The van der Waals surface area contributed by atoms with Crippen molar-refractivity contribution in [1.82, 2.24) is 4.90 Å². The Kier molecular flexibility index (Phi) is 4.38. The number of nitrogens with zero attached hydrogens (tertiary/aromatic N) is 2. The van der Waals surface area contributed by atoms with Crippen LogP contribution in [0.4, 0.5) is 14.5 Å². The number of nitrogens with one attached hydrogen (secondary N) is 1. The number of nitriles is 1. The van der Waals surface area contributed by atoms with Gasteiger partial charge in [0.05, 0.1) is 0 Å². The number of hydrogen-bond acceptors (Lipinski definition) is 3. The fourth-order valence-electron chi connectivity index (χ4n) is 1.17.